The molecule has 0 spiro atoms. The van der Waals surface area contributed by atoms with Gasteiger partial charge in [-0.15, -0.1) is 11.3 Å². The highest BCUT2D eigenvalue weighted by Crippen LogP contribution is 2.49. The smallest absolute Gasteiger partial charge is 0.0990 e. The molecule has 1 fully saturated rings. The van der Waals surface area contributed by atoms with Gasteiger partial charge < -0.3 is 5.32 Å². The number of aryl methyl sites for hydroxylation is 1. The zero-order valence-corrected chi connectivity index (χ0v) is 11.6. The average molecular weight is 238 g/mol. The van der Waals surface area contributed by atoms with Crippen molar-refractivity contribution in [3.05, 3.63) is 15.6 Å². The average Bonchev–Trinajstić information content (AvgIpc) is 2.83. The summed E-state index contributed by atoms with van der Waals surface area (Å²) >= 11 is 1.91. The summed E-state index contributed by atoms with van der Waals surface area (Å²) < 4.78 is 0. The van der Waals surface area contributed by atoms with Crippen LogP contribution in [0.15, 0.2) is 0 Å². The highest BCUT2D eigenvalue weighted by atomic mass is 32.1. The van der Waals surface area contributed by atoms with Gasteiger partial charge in [0.2, 0.25) is 0 Å². The largest absolute Gasteiger partial charge is 0.312 e. The minimum Gasteiger partial charge on any atom is -0.312 e. The molecule has 0 aromatic carbocycles. The lowest BCUT2D eigenvalue weighted by Gasteiger charge is -2.05. The number of rotatable bonds is 5. The summed E-state index contributed by atoms with van der Waals surface area (Å²) in [4.78, 5) is 6.14. The fraction of sp³-hybridized carbons (Fsp3) is 0.769. The standard InChI is InChI=1S/C13H22N2S/c1-9(2)7-14-8-11-10(3)15-12(16-11)13(4)5-6-13/h9,14H,5-8H2,1-4H3. The molecule has 0 bridgehead atoms. The van der Waals surface area contributed by atoms with E-state index in [1.807, 2.05) is 11.3 Å². The quantitative estimate of drug-likeness (QED) is 0.852. The molecule has 1 aliphatic carbocycles. The van der Waals surface area contributed by atoms with Crippen LogP contribution in [0.25, 0.3) is 0 Å². The topological polar surface area (TPSA) is 24.9 Å². The molecule has 2 nitrogen and oxygen atoms in total. The summed E-state index contributed by atoms with van der Waals surface area (Å²) in [5.74, 6) is 0.716. The molecular formula is C13H22N2S. The lowest BCUT2D eigenvalue weighted by molar-refractivity contribution is 0.554. The number of nitrogens with zero attached hydrogens (tertiary/aromatic N) is 1. The van der Waals surface area contributed by atoms with Crippen molar-refractivity contribution in [3.63, 3.8) is 0 Å². The van der Waals surface area contributed by atoms with Crippen molar-refractivity contribution in [2.24, 2.45) is 5.92 Å². The van der Waals surface area contributed by atoms with Crippen molar-refractivity contribution >= 4 is 11.3 Å². The minimum atomic E-state index is 0.422. The van der Waals surface area contributed by atoms with Crippen LogP contribution in [0.3, 0.4) is 0 Å². The van der Waals surface area contributed by atoms with Gasteiger partial charge in [-0.25, -0.2) is 4.98 Å². The molecule has 16 heavy (non-hydrogen) atoms. The van der Waals surface area contributed by atoms with Crippen LogP contribution in [-0.2, 0) is 12.0 Å². The van der Waals surface area contributed by atoms with Crippen molar-refractivity contribution < 1.29 is 0 Å². The molecule has 1 aromatic rings. The zero-order valence-electron chi connectivity index (χ0n) is 10.8. The maximum absolute atomic E-state index is 4.72. The molecule has 1 aliphatic rings. The molecule has 0 unspecified atom stereocenters. The normalized spacial score (nSPS) is 18.1. The van der Waals surface area contributed by atoms with Crippen LogP contribution in [0.1, 0.15) is 49.2 Å². The summed E-state index contributed by atoms with van der Waals surface area (Å²) in [5.41, 5.74) is 1.65. The lowest BCUT2D eigenvalue weighted by atomic mass is 10.2. The fourth-order valence-electron chi connectivity index (χ4n) is 1.73. The van der Waals surface area contributed by atoms with Crippen LogP contribution in [0, 0.1) is 12.8 Å². The van der Waals surface area contributed by atoms with Gasteiger partial charge in [0, 0.05) is 16.8 Å². The first-order chi connectivity index (χ1) is 7.51. The molecule has 1 aromatic heterocycles. The Kier molecular flexibility index (Phi) is 3.36. The predicted octanol–water partition coefficient (Wildman–Crippen LogP) is 3.25. The summed E-state index contributed by atoms with van der Waals surface area (Å²) in [7, 11) is 0. The van der Waals surface area contributed by atoms with Crippen molar-refractivity contribution in [1.29, 1.82) is 0 Å². The Morgan fingerprint density at radius 2 is 2.12 bits per heavy atom. The fourth-order valence-corrected chi connectivity index (χ4v) is 2.96. The third-order valence-electron chi connectivity index (χ3n) is 3.25. The monoisotopic (exact) mass is 238 g/mol. The van der Waals surface area contributed by atoms with Gasteiger partial charge in [-0.2, -0.15) is 0 Å². The molecule has 0 saturated heterocycles. The minimum absolute atomic E-state index is 0.422. The molecule has 0 radical (unpaired) electrons. The van der Waals surface area contributed by atoms with Crippen LogP contribution in [0.4, 0.5) is 0 Å². The molecule has 0 amide bonds. The Morgan fingerprint density at radius 3 is 2.69 bits per heavy atom. The maximum atomic E-state index is 4.72. The first-order valence-electron chi connectivity index (χ1n) is 6.19. The van der Waals surface area contributed by atoms with Gasteiger partial charge in [0.05, 0.1) is 10.7 Å². The molecule has 0 aliphatic heterocycles. The molecule has 1 saturated carbocycles. The Balaban J connectivity index is 1.96. The lowest BCUT2D eigenvalue weighted by Crippen LogP contribution is -2.18. The van der Waals surface area contributed by atoms with E-state index in [4.69, 9.17) is 4.98 Å². The van der Waals surface area contributed by atoms with Crippen LogP contribution in [0.5, 0.6) is 0 Å². The van der Waals surface area contributed by atoms with Gasteiger partial charge in [0.25, 0.3) is 0 Å². The van der Waals surface area contributed by atoms with Crippen LogP contribution < -0.4 is 5.32 Å². The second kappa shape index (κ2) is 4.46. The Labute approximate surface area is 102 Å². The van der Waals surface area contributed by atoms with Gasteiger partial charge in [-0.1, -0.05) is 20.8 Å². The maximum Gasteiger partial charge on any atom is 0.0990 e. The Morgan fingerprint density at radius 1 is 1.44 bits per heavy atom. The van der Waals surface area contributed by atoms with E-state index in [9.17, 15) is 0 Å². The van der Waals surface area contributed by atoms with E-state index in [0.717, 1.165) is 13.1 Å². The van der Waals surface area contributed by atoms with E-state index in [2.05, 4.69) is 33.0 Å². The molecule has 0 atom stereocenters. The SMILES string of the molecule is Cc1nc(C2(C)CC2)sc1CNCC(C)C. The van der Waals surface area contributed by atoms with Gasteiger partial charge in [-0.05, 0) is 32.2 Å². The second-order valence-corrected chi connectivity index (χ2v) is 6.70. The Hall–Kier alpha value is -0.410. The van der Waals surface area contributed by atoms with Gasteiger partial charge in [-0.3, -0.25) is 0 Å². The molecule has 2 rings (SSSR count). The number of hydrogen-bond acceptors (Lipinski definition) is 3. The first-order valence-corrected chi connectivity index (χ1v) is 7.00. The molecular weight excluding hydrogens is 216 g/mol. The van der Waals surface area contributed by atoms with Crippen LogP contribution >= 0.6 is 11.3 Å². The van der Waals surface area contributed by atoms with Gasteiger partial charge in [0.1, 0.15) is 0 Å². The first kappa shape index (κ1) is 12.1. The zero-order chi connectivity index (χ0) is 11.8. The highest BCUT2D eigenvalue weighted by molar-refractivity contribution is 7.12. The van der Waals surface area contributed by atoms with E-state index in [0.29, 0.717) is 11.3 Å². The van der Waals surface area contributed by atoms with Crippen molar-refractivity contribution in [2.45, 2.75) is 52.5 Å². The number of hydrogen-bond donors (Lipinski definition) is 1. The number of thiazole rings is 1. The summed E-state index contributed by atoms with van der Waals surface area (Å²) in [6.07, 6.45) is 2.64. The third-order valence-corrected chi connectivity index (χ3v) is 4.71. The van der Waals surface area contributed by atoms with E-state index < -0.39 is 0 Å². The Bertz CT molecular complexity index is 364. The number of aromatic nitrogens is 1. The van der Waals surface area contributed by atoms with E-state index in [1.54, 1.807) is 0 Å². The van der Waals surface area contributed by atoms with E-state index in [1.165, 1.54) is 28.4 Å². The van der Waals surface area contributed by atoms with Crippen molar-refractivity contribution in [1.82, 2.24) is 10.3 Å². The summed E-state index contributed by atoms with van der Waals surface area (Å²) in [5, 5.41) is 4.85. The third kappa shape index (κ3) is 2.64. The van der Waals surface area contributed by atoms with Gasteiger partial charge >= 0.3 is 0 Å². The van der Waals surface area contributed by atoms with E-state index in [-0.39, 0.29) is 0 Å². The second-order valence-electron chi connectivity index (χ2n) is 5.61. The van der Waals surface area contributed by atoms with Crippen LogP contribution in [-0.4, -0.2) is 11.5 Å². The summed E-state index contributed by atoms with van der Waals surface area (Å²) in [6, 6.07) is 0. The molecule has 90 valence electrons. The molecule has 3 heteroatoms. The van der Waals surface area contributed by atoms with Crippen LogP contribution in [0.2, 0.25) is 0 Å². The molecule has 1 N–H and O–H groups in total. The predicted molar refractivity (Wildman–Crippen MR) is 70.0 cm³/mol. The number of nitrogens with one attached hydrogen (secondary N) is 1. The van der Waals surface area contributed by atoms with Crippen molar-refractivity contribution in [3.8, 4) is 0 Å². The highest BCUT2D eigenvalue weighted by Gasteiger charge is 2.42. The van der Waals surface area contributed by atoms with Crippen molar-refractivity contribution in [2.75, 3.05) is 6.54 Å². The summed E-state index contributed by atoms with van der Waals surface area (Å²) in [6.45, 7) is 11.0. The van der Waals surface area contributed by atoms with E-state index >= 15 is 0 Å². The molecule has 1 heterocycles. The van der Waals surface area contributed by atoms with Gasteiger partial charge in [0.15, 0.2) is 0 Å².